The number of morpholine rings is 1. The van der Waals surface area contributed by atoms with Gasteiger partial charge in [0.2, 0.25) is 11.6 Å². The summed E-state index contributed by atoms with van der Waals surface area (Å²) in [4.78, 5) is 28.9. The molecule has 2 unspecified atom stereocenters. The number of nitrogens with one attached hydrogen (secondary N) is 1. The first kappa shape index (κ1) is 13.7. The lowest BCUT2D eigenvalue weighted by atomic mass is 9.80. The van der Waals surface area contributed by atoms with Crippen molar-refractivity contribution in [2.45, 2.75) is 18.1 Å². The normalized spacial score (nSPS) is 31.0. The number of nitrogens with zero attached hydrogens (tertiary/aromatic N) is 1. The van der Waals surface area contributed by atoms with Crippen LogP contribution in [0.25, 0.3) is 0 Å². The van der Waals surface area contributed by atoms with Crippen LogP contribution in [0.2, 0.25) is 0 Å². The molecule has 8 nitrogen and oxygen atoms in total. The monoisotopic (exact) mass is 308 g/mol. The van der Waals surface area contributed by atoms with Gasteiger partial charge in [-0.1, -0.05) is 0 Å². The lowest BCUT2D eigenvalue weighted by Crippen LogP contribution is -2.42. The average Bonchev–Trinajstić information content (AvgIpc) is 3.10. The molecule has 0 radical (unpaired) electrons. The summed E-state index contributed by atoms with van der Waals surface area (Å²) in [7, 11) is 0. The molecule has 3 N–H and O–H groups in total. The van der Waals surface area contributed by atoms with Crippen molar-refractivity contribution in [2.75, 3.05) is 32.8 Å². The second-order valence-electron chi connectivity index (χ2n) is 5.83. The maximum Gasteiger partial charge on any atom is 0.238 e. The Morgan fingerprint density at radius 3 is 2.68 bits per heavy atom. The Labute approximate surface area is 125 Å². The number of hydrogen-bond acceptors (Lipinski definition) is 7. The Balaban J connectivity index is 1.67. The number of aromatic hydroxyl groups is 2. The van der Waals surface area contributed by atoms with Crippen molar-refractivity contribution in [1.29, 1.82) is 0 Å². The number of rotatable bonds is 3. The molecule has 0 aromatic carbocycles. The Bertz CT molecular complexity index is 663. The van der Waals surface area contributed by atoms with Crippen molar-refractivity contribution in [3.8, 4) is 11.8 Å². The summed E-state index contributed by atoms with van der Waals surface area (Å²) < 4.78 is 10.9. The van der Waals surface area contributed by atoms with Gasteiger partial charge in [0.05, 0.1) is 24.3 Å². The van der Waals surface area contributed by atoms with Crippen molar-refractivity contribution in [1.82, 2.24) is 9.88 Å². The van der Waals surface area contributed by atoms with E-state index in [0.29, 0.717) is 19.8 Å². The van der Waals surface area contributed by atoms with Crippen LogP contribution in [-0.2, 0) is 24.7 Å². The van der Waals surface area contributed by atoms with Crippen molar-refractivity contribution in [3.63, 3.8) is 0 Å². The van der Waals surface area contributed by atoms with Crippen LogP contribution >= 0.6 is 0 Å². The van der Waals surface area contributed by atoms with Crippen LogP contribution < -0.4 is 0 Å². The summed E-state index contributed by atoms with van der Waals surface area (Å²) in [5.74, 6) is -1.93. The third kappa shape index (κ3) is 1.62. The van der Waals surface area contributed by atoms with Crippen LogP contribution in [0.4, 0.5) is 0 Å². The van der Waals surface area contributed by atoms with E-state index in [1.165, 1.54) is 0 Å². The van der Waals surface area contributed by atoms with Gasteiger partial charge in [-0.05, 0) is 0 Å². The molecule has 1 aromatic heterocycles. The van der Waals surface area contributed by atoms with Crippen molar-refractivity contribution >= 4 is 11.6 Å². The van der Waals surface area contributed by atoms with E-state index in [-0.39, 0.29) is 29.3 Å². The second kappa shape index (κ2) is 4.55. The zero-order chi connectivity index (χ0) is 15.5. The molecule has 3 aliphatic heterocycles. The first-order valence-electron chi connectivity index (χ1n) is 7.25. The minimum Gasteiger partial charge on any atom is -0.494 e. The number of carbonyl (C=O) groups excluding carboxylic acids is 2. The number of aromatic amines is 1. The van der Waals surface area contributed by atoms with Crippen LogP contribution in [-0.4, -0.2) is 64.5 Å². The van der Waals surface area contributed by atoms with E-state index in [0.717, 1.165) is 13.1 Å². The van der Waals surface area contributed by atoms with Gasteiger partial charge in [0.15, 0.2) is 23.5 Å². The van der Waals surface area contributed by atoms with Crippen molar-refractivity contribution < 1.29 is 29.3 Å². The third-order valence-electron chi connectivity index (χ3n) is 4.70. The molecule has 0 saturated carbocycles. The summed E-state index contributed by atoms with van der Waals surface area (Å²) in [6, 6.07) is 0. The molecule has 3 aliphatic rings. The molecule has 1 aromatic rings. The zero-order valence-electron chi connectivity index (χ0n) is 11.8. The molecule has 118 valence electrons. The summed E-state index contributed by atoms with van der Waals surface area (Å²) in [5.41, 5.74) is -1.06. The molecular formula is C14H16N2O6. The van der Waals surface area contributed by atoms with E-state index in [1.807, 2.05) is 0 Å². The van der Waals surface area contributed by atoms with Crippen LogP contribution in [0.5, 0.6) is 11.8 Å². The molecule has 0 amide bonds. The average molecular weight is 308 g/mol. The van der Waals surface area contributed by atoms with Gasteiger partial charge >= 0.3 is 0 Å². The van der Waals surface area contributed by atoms with E-state index in [4.69, 9.17) is 9.47 Å². The minimum absolute atomic E-state index is 0.198. The van der Waals surface area contributed by atoms with Crippen molar-refractivity contribution in [3.05, 3.63) is 11.1 Å². The molecule has 2 atom stereocenters. The maximum atomic E-state index is 12.4. The lowest BCUT2D eigenvalue weighted by molar-refractivity contribution is -0.139. The number of aromatic nitrogens is 1. The third-order valence-corrected chi connectivity index (χ3v) is 4.70. The quantitative estimate of drug-likeness (QED) is 0.649. The largest absolute Gasteiger partial charge is 0.494 e. The highest BCUT2D eigenvalue weighted by molar-refractivity contribution is 6.45. The summed E-state index contributed by atoms with van der Waals surface area (Å²) in [6.07, 6.45) is -0.851. The van der Waals surface area contributed by atoms with Gasteiger partial charge in [-0.15, -0.1) is 0 Å². The van der Waals surface area contributed by atoms with Gasteiger partial charge in [-0.3, -0.25) is 19.5 Å². The molecule has 8 heteroatoms. The van der Waals surface area contributed by atoms with E-state index in [9.17, 15) is 19.8 Å². The van der Waals surface area contributed by atoms with Crippen LogP contribution in [0.1, 0.15) is 23.7 Å². The number of fused-ring (bicyclic) bond motifs is 5. The topological polar surface area (TPSA) is 112 Å². The number of ether oxygens (including phenoxy) is 2. The predicted molar refractivity (Wildman–Crippen MR) is 71.5 cm³/mol. The molecule has 0 aliphatic carbocycles. The first-order valence-corrected chi connectivity index (χ1v) is 7.25. The van der Waals surface area contributed by atoms with E-state index in [1.54, 1.807) is 0 Å². The summed E-state index contributed by atoms with van der Waals surface area (Å²) >= 11 is 0. The number of H-pyrrole nitrogens is 1. The van der Waals surface area contributed by atoms with Gasteiger partial charge in [-0.2, -0.15) is 0 Å². The van der Waals surface area contributed by atoms with Gasteiger partial charge in [0, 0.05) is 26.1 Å². The predicted octanol–water partition coefficient (Wildman–Crippen LogP) is -0.433. The van der Waals surface area contributed by atoms with E-state index < -0.39 is 23.3 Å². The highest BCUT2D eigenvalue weighted by atomic mass is 16.5. The van der Waals surface area contributed by atoms with E-state index >= 15 is 0 Å². The number of ketones is 2. The zero-order valence-corrected chi connectivity index (χ0v) is 11.8. The van der Waals surface area contributed by atoms with E-state index in [2.05, 4.69) is 9.88 Å². The fourth-order valence-electron chi connectivity index (χ4n) is 3.58. The molecule has 2 bridgehead atoms. The fraction of sp³-hybridized carbons (Fsp3) is 0.571. The first-order chi connectivity index (χ1) is 10.5. The molecule has 4 rings (SSSR count). The Hall–Kier alpha value is -1.90. The highest BCUT2D eigenvalue weighted by Gasteiger charge is 2.65. The molecule has 22 heavy (non-hydrogen) atoms. The molecule has 2 saturated heterocycles. The number of hydrogen-bond donors (Lipinski definition) is 3. The van der Waals surface area contributed by atoms with Gasteiger partial charge in [0.1, 0.15) is 0 Å². The molecule has 4 heterocycles. The molecule has 2 fully saturated rings. The van der Waals surface area contributed by atoms with Gasteiger partial charge in [-0.25, -0.2) is 0 Å². The lowest BCUT2D eigenvalue weighted by Gasteiger charge is -2.30. The van der Waals surface area contributed by atoms with Crippen LogP contribution in [0, 0.1) is 0 Å². The summed E-state index contributed by atoms with van der Waals surface area (Å²) in [5, 5.41) is 19.8. The van der Waals surface area contributed by atoms with Crippen molar-refractivity contribution in [2.24, 2.45) is 0 Å². The Morgan fingerprint density at radius 1 is 1.23 bits per heavy atom. The number of Topliss-reactive ketones (excluding diaryl/α,β-unsaturated/α-hetero) is 2. The molecule has 0 spiro atoms. The van der Waals surface area contributed by atoms with Crippen LogP contribution in [0.15, 0.2) is 0 Å². The van der Waals surface area contributed by atoms with Gasteiger partial charge < -0.3 is 19.7 Å². The fourth-order valence-corrected chi connectivity index (χ4v) is 3.58. The number of carbonyl (C=O) groups is 2. The minimum atomic E-state index is -1.48. The molecular weight excluding hydrogens is 292 g/mol. The van der Waals surface area contributed by atoms with Crippen LogP contribution in [0.3, 0.4) is 0 Å². The Morgan fingerprint density at radius 2 is 1.95 bits per heavy atom. The maximum absolute atomic E-state index is 12.4. The highest BCUT2D eigenvalue weighted by Crippen LogP contribution is 2.58. The standard InChI is InChI=1S/C14H16N2O6/c17-9-10-7-8(13(20)15-12(7)19)14(22-10,11(9)18)1-2-16-3-5-21-6-4-16/h10,15,19-20H,1-6H2. The van der Waals surface area contributed by atoms with Gasteiger partial charge in [0.25, 0.3) is 0 Å². The smallest absolute Gasteiger partial charge is 0.238 e. The SMILES string of the molecule is O=C1C(=O)C2(CCN3CCOCC3)OC1c1c(O)[nH]c(O)c12. The Kier molecular flexibility index (Phi) is 2.84. The second-order valence-corrected chi connectivity index (χ2v) is 5.83. The summed E-state index contributed by atoms with van der Waals surface area (Å²) in [6.45, 7) is 3.30.